The van der Waals surface area contributed by atoms with Gasteiger partial charge in [0.1, 0.15) is 0 Å². The molecule has 0 bridgehead atoms. The van der Waals surface area contributed by atoms with Crippen molar-refractivity contribution in [2.75, 3.05) is 26.3 Å². The number of hydrogen-bond acceptors (Lipinski definition) is 3. The molecule has 0 aliphatic rings. The van der Waals surface area contributed by atoms with E-state index in [9.17, 15) is 5.11 Å². The van der Waals surface area contributed by atoms with Crippen molar-refractivity contribution in [1.29, 1.82) is 0 Å². The van der Waals surface area contributed by atoms with Gasteiger partial charge in [-0.1, -0.05) is 44.2 Å². The first-order valence-electron chi connectivity index (χ1n) is 7.29. The molecule has 0 saturated heterocycles. The first-order valence-corrected chi connectivity index (χ1v) is 7.29. The molecule has 19 heavy (non-hydrogen) atoms. The molecular weight excluding hydrogens is 238 g/mol. The summed E-state index contributed by atoms with van der Waals surface area (Å²) in [6.45, 7) is 9.53. The summed E-state index contributed by atoms with van der Waals surface area (Å²) in [6, 6.07) is 10.0. The van der Waals surface area contributed by atoms with E-state index in [0.717, 1.165) is 38.3 Å². The summed E-state index contributed by atoms with van der Waals surface area (Å²) in [4.78, 5) is 2.30. The summed E-state index contributed by atoms with van der Waals surface area (Å²) in [6.07, 6.45) is 0.489. The van der Waals surface area contributed by atoms with Gasteiger partial charge in [0.2, 0.25) is 0 Å². The maximum atomic E-state index is 10.6. The van der Waals surface area contributed by atoms with Crippen LogP contribution in [-0.2, 0) is 4.74 Å². The van der Waals surface area contributed by atoms with E-state index in [4.69, 9.17) is 4.74 Å². The van der Waals surface area contributed by atoms with Crippen molar-refractivity contribution in [2.45, 2.75) is 39.3 Å². The summed E-state index contributed by atoms with van der Waals surface area (Å²) in [5.74, 6) is 0. The van der Waals surface area contributed by atoms with Crippen molar-refractivity contribution in [3.05, 3.63) is 35.9 Å². The van der Waals surface area contributed by atoms with E-state index in [0.29, 0.717) is 0 Å². The molecule has 3 nitrogen and oxygen atoms in total. The van der Waals surface area contributed by atoms with Gasteiger partial charge in [-0.05, 0) is 25.5 Å². The fraction of sp³-hybridized carbons (Fsp3) is 0.625. The lowest BCUT2D eigenvalue weighted by molar-refractivity contribution is 0.0281. The Hall–Kier alpha value is -0.900. The van der Waals surface area contributed by atoms with Crippen LogP contribution in [0, 0.1) is 0 Å². The molecule has 0 aromatic heterocycles. The Kier molecular flexibility index (Phi) is 7.72. The average Bonchev–Trinajstić information content (AvgIpc) is 2.47. The summed E-state index contributed by atoms with van der Waals surface area (Å²) in [5, 5.41) is 10.6. The summed E-state index contributed by atoms with van der Waals surface area (Å²) >= 11 is 0. The van der Waals surface area contributed by atoms with E-state index >= 15 is 0 Å². The Labute approximate surface area is 117 Å². The fourth-order valence-corrected chi connectivity index (χ4v) is 2.44. The minimum Gasteiger partial charge on any atom is -0.387 e. The monoisotopic (exact) mass is 265 g/mol. The Balaban J connectivity index is 2.68. The highest BCUT2D eigenvalue weighted by Gasteiger charge is 2.24. The predicted molar refractivity (Wildman–Crippen MR) is 79.2 cm³/mol. The minimum absolute atomic E-state index is 0.146. The fourth-order valence-electron chi connectivity index (χ4n) is 2.44. The average molecular weight is 265 g/mol. The van der Waals surface area contributed by atoms with Crippen LogP contribution in [-0.4, -0.2) is 42.4 Å². The largest absolute Gasteiger partial charge is 0.387 e. The standard InChI is InChI=1S/C16H27NO2/c1-4-15(17(5-2)12-13-19-6-3)16(18)14-10-8-7-9-11-14/h7-11,15-16,18H,4-6,12-13H2,1-3H3. The molecule has 0 radical (unpaired) electrons. The molecule has 1 aromatic rings. The van der Waals surface area contributed by atoms with Crippen molar-refractivity contribution < 1.29 is 9.84 Å². The molecule has 0 amide bonds. The number of likely N-dealkylation sites (N-methyl/N-ethyl adjacent to an activating group) is 1. The number of benzene rings is 1. The summed E-state index contributed by atoms with van der Waals surface area (Å²) in [7, 11) is 0. The van der Waals surface area contributed by atoms with Crippen LogP contribution >= 0.6 is 0 Å². The Bertz CT molecular complexity index is 329. The van der Waals surface area contributed by atoms with Crippen LogP contribution in [0.4, 0.5) is 0 Å². The molecule has 0 fully saturated rings. The van der Waals surface area contributed by atoms with Gasteiger partial charge in [-0.2, -0.15) is 0 Å². The molecule has 108 valence electrons. The Morgan fingerprint density at radius 2 is 1.84 bits per heavy atom. The highest BCUT2D eigenvalue weighted by molar-refractivity contribution is 5.18. The molecule has 3 heteroatoms. The maximum absolute atomic E-state index is 10.6. The van der Waals surface area contributed by atoms with Crippen molar-refractivity contribution in [2.24, 2.45) is 0 Å². The third-order valence-electron chi connectivity index (χ3n) is 3.53. The second-order valence-electron chi connectivity index (χ2n) is 4.66. The van der Waals surface area contributed by atoms with Gasteiger partial charge in [-0.25, -0.2) is 0 Å². The number of aliphatic hydroxyl groups excluding tert-OH is 1. The van der Waals surface area contributed by atoms with Crippen molar-refractivity contribution in [3.63, 3.8) is 0 Å². The Morgan fingerprint density at radius 1 is 1.16 bits per heavy atom. The van der Waals surface area contributed by atoms with Crippen molar-refractivity contribution in [1.82, 2.24) is 4.90 Å². The summed E-state index contributed by atoms with van der Waals surface area (Å²) in [5.41, 5.74) is 0.990. The van der Waals surface area contributed by atoms with Gasteiger partial charge >= 0.3 is 0 Å². The lowest BCUT2D eigenvalue weighted by atomic mass is 9.99. The molecule has 2 atom stereocenters. The van der Waals surface area contributed by atoms with E-state index in [1.807, 2.05) is 37.3 Å². The molecule has 0 aliphatic heterocycles. The van der Waals surface area contributed by atoms with Crippen LogP contribution in [0.5, 0.6) is 0 Å². The van der Waals surface area contributed by atoms with Gasteiger partial charge in [-0.15, -0.1) is 0 Å². The lowest BCUT2D eigenvalue weighted by Crippen LogP contribution is -2.41. The van der Waals surface area contributed by atoms with Gasteiger partial charge in [0.15, 0.2) is 0 Å². The van der Waals surface area contributed by atoms with Crippen molar-refractivity contribution in [3.8, 4) is 0 Å². The van der Waals surface area contributed by atoms with Gasteiger partial charge in [0, 0.05) is 19.2 Å². The zero-order valence-electron chi connectivity index (χ0n) is 12.4. The van der Waals surface area contributed by atoms with Gasteiger partial charge < -0.3 is 9.84 Å². The molecule has 1 N–H and O–H groups in total. The van der Waals surface area contributed by atoms with Crippen LogP contribution in [0.3, 0.4) is 0 Å². The van der Waals surface area contributed by atoms with Crippen LogP contribution in [0.25, 0.3) is 0 Å². The van der Waals surface area contributed by atoms with E-state index in [-0.39, 0.29) is 6.04 Å². The van der Waals surface area contributed by atoms with Gasteiger partial charge in [-0.3, -0.25) is 4.90 Å². The highest BCUT2D eigenvalue weighted by Crippen LogP contribution is 2.23. The predicted octanol–water partition coefficient (Wildman–Crippen LogP) is 2.86. The number of hydrogen-bond donors (Lipinski definition) is 1. The van der Waals surface area contributed by atoms with Crippen LogP contribution < -0.4 is 0 Å². The summed E-state index contributed by atoms with van der Waals surface area (Å²) < 4.78 is 5.42. The molecule has 2 unspecified atom stereocenters. The van der Waals surface area contributed by atoms with Gasteiger partial charge in [0.25, 0.3) is 0 Å². The lowest BCUT2D eigenvalue weighted by Gasteiger charge is -2.33. The minimum atomic E-state index is -0.437. The van der Waals surface area contributed by atoms with Crippen LogP contribution in [0.2, 0.25) is 0 Å². The van der Waals surface area contributed by atoms with E-state index in [1.165, 1.54) is 0 Å². The zero-order valence-corrected chi connectivity index (χ0v) is 12.4. The normalized spacial score (nSPS) is 14.6. The maximum Gasteiger partial charge on any atom is 0.0945 e. The molecule has 1 aromatic carbocycles. The third-order valence-corrected chi connectivity index (χ3v) is 3.53. The molecule has 0 heterocycles. The second kappa shape index (κ2) is 9.08. The molecule has 1 rings (SSSR count). The first-order chi connectivity index (χ1) is 9.24. The number of rotatable bonds is 9. The number of nitrogens with zero attached hydrogens (tertiary/aromatic N) is 1. The van der Waals surface area contributed by atoms with E-state index in [2.05, 4.69) is 18.7 Å². The smallest absolute Gasteiger partial charge is 0.0945 e. The first kappa shape index (κ1) is 16.2. The van der Waals surface area contributed by atoms with E-state index in [1.54, 1.807) is 0 Å². The number of ether oxygens (including phenoxy) is 1. The molecule has 0 spiro atoms. The Morgan fingerprint density at radius 3 is 2.37 bits per heavy atom. The molecule has 0 saturated carbocycles. The SMILES string of the molecule is CCOCCN(CC)C(CC)C(O)c1ccccc1. The quantitative estimate of drug-likeness (QED) is 0.697. The topological polar surface area (TPSA) is 32.7 Å². The third kappa shape index (κ3) is 4.94. The number of aliphatic hydroxyl groups is 1. The van der Waals surface area contributed by atoms with E-state index < -0.39 is 6.10 Å². The highest BCUT2D eigenvalue weighted by atomic mass is 16.5. The molecule has 0 aliphatic carbocycles. The van der Waals surface area contributed by atoms with Crippen LogP contribution in [0.1, 0.15) is 38.9 Å². The van der Waals surface area contributed by atoms with Crippen molar-refractivity contribution >= 4 is 0 Å². The van der Waals surface area contributed by atoms with Gasteiger partial charge in [0.05, 0.1) is 12.7 Å². The molecular formula is C16H27NO2. The van der Waals surface area contributed by atoms with Crippen LogP contribution in [0.15, 0.2) is 30.3 Å². The second-order valence-corrected chi connectivity index (χ2v) is 4.66. The zero-order chi connectivity index (χ0) is 14.1.